The molecule has 5 rings (SSSR count). The van der Waals surface area contributed by atoms with Crippen LogP contribution in [-0.2, 0) is 0 Å². The quantitative estimate of drug-likeness (QED) is 0.262. The van der Waals surface area contributed by atoms with E-state index < -0.39 is 20.4 Å². The Balaban J connectivity index is 1.55. The van der Waals surface area contributed by atoms with Gasteiger partial charge in [-0.15, -0.1) is 0 Å². The molecule has 0 saturated heterocycles. The van der Waals surface area contributed by atoms with E-state index in [-0.39, 0.29) is 11.6 Å². The molecule has 0 amide bonds. The molecule has 4 heterocycles. The summed E-state index contributed by atoms with van der Waals surface area (Å²) in [6, 6.07) is 10.1. The van der Waals surface area contributed by atoms with Crippen molar-refractivity contribution in [3.8, 4) is 3.70 Å². The first-order valence-electron chi connectivity index (χ1n) is 7.62. The van der Waals surface area contributed by atoms with Crippen LogP contribution in [-0.4, -0.2) is 41.5 Å². The van der Waals surface area contributed by atoms with Crippen molar-refractivity contribution in [2.45, 2.75) is 0 Å². The van der Waals surface area contributed by atoms with E-state index in [1.54, 1.807) is 23.0 Å². The van der Waals surface area contributed by atoms with Crippen molar-refractivity contribution in [1.82, 2.24) is 9.55 Å². The molecule has 0 N–H and O–H groups in total. The van der Waals surface area contributed by atoms with Gasteiger partial charge in [0.25, 0.3) is 0 Å². The second-order valence-corrected chi connectivity index (χ2v) is 9.56. The first-order valence-corrected chi connectivity index (χ1v) is 10.9. The Morgan fingerprint density at radius 2 is 1.84 bits per heavy atom. The summed E-state index contributed by atoms with van der Waals surface area (Å²) in [6.45, 7) is 0. The maximum absolute atomic E-state index is 12.4. The Morgan fingerprint density at radius 1 is 1.04 bits per heavy atom. The van der Waals surface area contributed by atoms with E-state index in [0.29, 0.717) is 16.7 Å². The van der Waals surface area contributed by atoms with Gasteiger partial charge < -0.3 is 0 Å². The van der Waals surface area contributed by atoms with Crippen LogP contribution in [0.4, 0.5) is 0 Å². The molecule has 0 aromatic carbocycles. The molecule has 0 atom stereocenters. The van der Waals surface area contributed by atoms with E-state index >= 15 is 0 Å². The Morgan fingerprint density at radius 3 is 2.64 bits per heavy atom. The number of carbonyl (C=O) groups excluding carboxylic acids is 2. The number of fused-ring (bicyclic) bond motifs is 2. The number of hydrogen-bond acceptors (Lipinski definition) is 4. The summed E-state index contributed by atoms with van der Waals surface area (Å²) in [4.78, 5) is 29.3. The molecule has 1 aliphatic carbocycles. The van der Waals surface area contributed by atoms with E-state index in [0.717, 1.165) is 14.6 Å². The predicted octanol–water partition coefficient (Wildman–Crippen LogP) is 3.61. The molecule has 6 heteroatoms. The zero-order valence-corrected chi connectivity index (χ0v) is 15.9. The first kappa shape index (κ1) is 15.0. The van der Waals surface area contributed by atoms with Gasteiger partial charge in [0.1, 0.15) is 0 Å². The zero-order valence-electron chi connectivity index (χ0n) is 12.8. The summed E-state index contributed by atoms with van der Waals surface area (Å²) in [5.74, 6) is -0.285. The number of aromatic nitrogens is 2. The van der Waals surface area contributed by atoms with Crippen LogP contribution in [0, 0.1) is 0 Å². The summed E-state index contributed by atoms with van der Waals surface area (Å²) >= 11 is 0.723. The molecule has 4 nitrogen and oxygen atoms in total. The van der Waals surface area contributed by atoms with Crippen LogP contribution >= 0.6 is 11.3 Å². The molecule has 0 unspecified atom stereocenters. The van der Waals surface area contributed by atoms with Crippen molar-refractivity contribution in [1.29, 1.82) is 0 Å². The number of allylic oxidation sites excluding steroid dienone is 1. The third-order valence-corrected chi connectivity index (χ3v) is 7.91. The van der Waals surface area contributed by atoms with Crippen molar-refractivity contribution in [2.75, 3.05) is 0 Å². The summed E-state index contributed by atoms with van der Waals surface area (Å²) in [7, 11) is 0. The van der Waals surface area contributed by atoms with Gasteiger partial charge in [0.15, 0.2) is 0 Å². The predicted molar refractivity (Wildman–Crippen MR) is 99.0 cm³/mol. The van der Waals surface area contributed by atoms with Crippen molar-refractivity contribution in [3.63, 3.8) is 0 Å². The van der Waals surface area contributed by atoms with Gasteiger partial charge in [-0.05, 0) is 0 Å². The van der Waals surface area contributed by atoms with Gasteiger partial charge in [0.05, 0.1) is 0 Å². The first-order chi connectivity index (χ1) is 12.2. The molecule has 0 fully saturated rings. The number of rotatable bonds is 2. The van der Waals surface area contributed by atoms with Crippen LogP contribution in [0.3, 0.4) is 0 Å². The van der Waals surface area contributed by atoms with Crippen molar-refractivity contribution in [2.24, 2.45) is 0 Å². The third-order valence-electron chi connectivity index (χ3n) is 4.23. The zero-order chi connectivity index (χ0) is 17.0. The average molecular weight is 458 g/mol. The van der Waals surface area contributed by atoms with Gasteiger partial charge in [-0.25, -0.2) is 0 Å². The molecule has 4 aromatic heterocycles. The Hall–Kier alpha value is -2.26. The monoisotopic (exact) mass is 460 g/mol. The molecule has 0 aliphatic heterocycles. The standard InChI is InChI=1S/C19H10N2O2STe/c22-17-13(18(23)15-10-24-9-14(15)17)8-12-3-4-16(25-12)21-7-5-11-2-1-6-20-19(11)21/h1-10H. The van der Waals surface area contributed by atoms with E-state index in [2.05, 4.69) is 21.7 Å². The molecule has 120 valence electrons. The molecule has 1 aliphatic rings. The normalized spacial score (nSPS) is 13.7. The van der Waals surface area contributed by atoms with Gasteiger partial charge in [0, 0.05) is 0 Å². The van der Waals surface area contributed by atoms with Gasteiger partial charge in [-0.1, -0.05) is 0 Å². The summed E-state index contributed by atoms with van der Waals surface area (Å²) < 4.78 is 4.40. The molecular formula is C19H10N2O2STe. The molecule has 0 saturated carbocycles. The number of thiophene rings is 1. The van der Waals surface area contributed by atoms with Gasteiger partial charge in [-0.2, -0.15) is 0 Å². The van der Waals surface area contributed by atoms with E-state index in [1.807, 2.05) is 24.4 Å². The van der Waals surface area contributed by atoms with Crippen LogP contribution in [0.5, 0.6) is 0 Å². The molecule has 0 radical (unpaired) electrons. The number of ketones is 2. The molecule has 4 aromatic rings. The van der Waals surface area contributed by atoms with Crippen LogP contribution in [0.2, 0.25) is 0 Å². The Bertz CT molecular complexity index is 1160. The minimum absolute atomic E-state index is 0.142. The summed E-state index contributed by atoms with van der Waals surface area (Å²) in [5, 5.41) is 4.63. The molecule has 0 bridgehead atoms. The van der Waals surface area contributed by atoms with E-state index in [1.165, 1.54) is 15.0 Å². The minimum atomic E-state index is -0.675. The topological polar surface area (TPSA) is 52.0 Å². The number of nitrogens with zero attached hydrogens (tertiary/aromatic N) is 2. The Kier molecular flexibility index (Phi) is 3.39. The van der Waals surface area contributed by atoms with Crippen LogP contribution in [0.25, 0.3) is 20.8 Å². The maximum atomic E-state index is 12.4. The molecular weight excluding hydrogens is 448 g/mol. The van der Waals surface area contributed by atoms with Gasteiger partial charge in [-0.3, -0.25) is 0 Å². The molecule has 25 heavy (non-hydrogen) atoms. The van der Waals surface area contributed by atoms with Crippen LogP contribution in [0.15, 0.2) is 59.1 Å². The number of Topliss-reactive ketones (excluding diaryl/α,β-unsaturated/α-hetero) is 2. The number of pyridine rings is 1. The fourth-order valence-electron chi connectivity index (χ4n) is 3.01. The van der Waals surface area contributed by atoms with Gasteiger partial charge >= 0.3 is 157 Å². The van der Waals surface area contributed by atoms with Crippen molar-refractivity contribution >= 4 is 60.4 Å². The summed E-state index contributed by atoms with van der Waals surface area (Å²) in [5.41, 5.74) is 2.35. The SMILES string of the molecule is O=C1C(=Cc2ccc(-n3ccc4cccnc43)[te]2)C(=O)c2cscc21. The van der Waals surface area contributed by atoms with Gasteiger partial charge in [0.2, 0.25) is 0 Å². The number of hydrogen-bond donors (Lipinski definition) is 0. The second kappa shape index (κ2) is 5.63. The second-order valence-electron chi connectivity index (χ2n) is 5.69. The van der Waals surface area contributed by atoms with E-state index in [9.17, 15) is 9.59 Å². The third kappa shape index (κ3) is 2.30. The van der Waals surface area contributed by atoms with Crippen molar-refractivity contribution in [3.05, 3.63) is 73.8 Å². The van der Waals surface area contributed by atoms with Crippen LogP contribution in [0.1, 0.15) is 24.3 Å². The van der Waals surface area contributed by atoms with Crippen molar-refractivity contribution < 1.29 is 9.59 Å². The number of carbonyl (C=O) groups is 2. The Labute approximate surface area is 156 Å². The van der Waals surface area contributed by atoms with E-state index in [4.69, 9.17) is 0 Å². The van der Waals surface area contributed by atoms with Crippen LogP contribution < -0.4 is 0 Å². The fourth-order valence-corrected chi connectivity index (χ4v) is 6.49. The molecule has 0 spiro atoms. The average Bonchev–Trinajstić information content (AvgIpc) is 3.38. The fraction of sp³-hybridized carbons (Fsp3) is 0. The summed E-state index contributed by atoms with van der Waals surface area (Å²) in [6.07, 6.45) is 5.61.